The van der Waals surface area contributed by atoms with Crippen molar-refractivity contribution in [3.05, 3.63) is 42.0 Å². The average Bonchev–Trinajstić information content (AvgIpc) is 2.54. The Bertz CT molecular complexity index is 580. The largest absolute Gasteiger partial charge is 0.339 e. The fourth-order valence-corrected chi connectivity index (χ4v) is 2.49. The van der Waals surface area contributed by atoms with E-state index >= 15 is 0 Å². The summed E-state index contributed by atoms with van der Waals surface area (Å²) in [5.74, 6) is -0.112. The molecular formula is C19H29N3O2. The van der Waals surface area contributed by atoms with Crippen LogP contribution in [0.4, 0.5) is 5.69 Å². The number of nitrogens with one attached hydrogen (secondary N) is 1. The first-order valence-corrected chi connectivity index (χ1v) is 8.47. The summed E-state index contributed by atoms with van der Waals surface area (Å²) in [6, 6.07) is 7.09. The highest BCUT2D eigenvalue weighted by atomic mass is 16.2. The first kappa shape index (κ1) is 19.9. The normalized spacial score (nSPS) is 10.5. The van der Waals surface area contributed by atoms with Crippen molar-refractivity contribution in [3.63, 3.8) is 0 Å². The Morgan fingerprint density at radius 2 is 1.75 bits per heavy atom. The third-order valence-electron chi connectivity index (χ3n) is 3.75. The molecule has 0 radical (unpaired) electrons. The van der Waals surface area contributed by atoms with Gasteiger partial charge in [0.05, 0.1) is 6.54 Å². The number of likely N-dealkylation sites (N-methyl/N-ethyl adjacent to an activating group) is 1. The van der Waals surface area contributed by atoms with Gasteiger partial charge < -0.3 is 10.2 Å². The van der Waals surface area contributed by atoms with Crippen LogP contribution >= 0.6 is 0 Å². The third kappa shape index (κ3) is 6.16. The van der Waals surface area contributed by atoms with E-state index in [-0.39, 0.29) is 11.8 Å². The Morgan fingerprint density at radius 3 is 2.29 bits per heavy atom. The van der Waals surface area contributed by atoms with Crippen LogP contribution in [-0.4, -0.2) is 54.3 Å². The smallest absolute Gasteiger partial charge is 0.253 e. The minimum atomic E-state index is -0.0921. The maximum Gasteiger partial charge on any atom is 0.253 e. The predicted molar refractivity (Wildman–Crippen MR) is 99.3 cm³/mol. The van der Waals surface area contributed by atoms with E-state index in [4.69, 9.17) is 0 Å². The molecule has 2 amide bonds. The second kappa shape index (κ2) is 9.88. The van der Waals surface area contributed by atoms with Crippen molar-refractivity contribution in [3.8, 4) is 0 Å². The maximum atomic E-state index is 12.4. The lowest BCUT2D eigenvalue weighted by Crippen LogP contribution is -2.34. The van der Waals surface area contributed by atoms with E-state index in [1.807, 2.05) is 32.6 Å². The Morgan fingerprint density at radius 1 is 1.08 bits per heavy atom. The Labute approximate surface area is 145 Å². The monoisotopic (exact) mass is 331 g/mol. The summed E-state index contributed by atoms with van der Waals surface area (Å²) in [5.41, 5.74) is 2.26. The van der Waals surface area contributed by atoms with Gasteiger partial charge in [-0.05, 0) is 45.5 Å². The quantitative estimate of drug-likeness (QED) is 0.708. The molecule has 0 bridgehead atoms. The molecule has 0 aliphatic rings. The Kier molecular flexibility index (Phi) is 8.19. The van der Waals surface area contributed by atoms with Crippen LogP contribution in [0.1, 0.15) is 38.1 Å². The highest BCUT2D eigenvalue weighted by Gasteiger charge is 2.14. The summed E-state index contributed by atoms with van der Waals surface area (Å²) in [7, 11) is 0. The molecule has 0 heterocycles. The zero-order chi connectivity index (χ0) is 18.1. The van der Waals surface area contributed by atoms with Crippen molar-refractivity contribution in [2.24, 2.45) is 0 Å². The van der Waals surface area contributed by atoms with E-state index in [1.165, 1.54) is 0 Å². The standard InChI is InChI=1S/C19H29N3O2/c1-6-21(13-15(4)5)14-18(23)20-17-11-9-10-16(12-17)19(24)22(7-2)8-3/h9-12H,4,6-8,13-14H2,1-3,5H3,(H,20,23). The van der Waals surface area contributed by atoms with Gasteiger partial charge in [0, 0.05) is 30.9 Å². The van der Waals surface area contributed by atoms with E-state index in [1.54, 1.807) is 29.2 Å². The van der Waals surface area contributed by atoms with Gasteiger partial charge in [-0.2, -0.15) is 0 Å². The lowest BCUT2D eigenvalue weighted by atomic mass is 10.1. The Balaban J connectivity index is 2.75. The maximum absolute atomic E-state index is 12.4. The number of amides is 2. The molecule has 0 unspecified atom stereocenters. The van der Waals surface area contributed by atoms with Crippen LogP contribution in [0.2, 0.25) is 0 Å². The number of carbonyl (C=O) groups is 2. The molecule has 132 valence electrons. The summed E-state index contributed by atoms with van der Waals surface area (Å²) in [4.78, 5) is 28.4. The van der Waals surface area contributed by atoms with Gasteiger partial charge in [0.1, 0.15) is 0 Å². The van der Waals surface area contributed by atoms with Crippen LogP contribution in [0.15, 0.2) is 36.4 Å². The number of carbonyl (C=O) groups excluding carboxylic acids is 2. The molecule has 0 fully saturated rings. The van der Waals surface area contributed by atoms with Crippen LogP contribution in [0.3, 0.4) is 0 Å². The molecule has 0 spiro atoms. The highest BCUT2D eigenvalue weighted by Crippen LogP contribution is 2.13. The SMILES string of the molecule is C=C(C)CN(CC)CC(=O)Nc1cccc(C(=O)N(CC)CC)c1. The topological polar surface area (TPSA) is 52.7 Å². The van der Waals surface area contributed by atoms with Crippen molar-refractivity contribution < 1.29 is 9.59 Å². The minimum Gasteiger partial charge on any atom is -0.339 e. The zero-order valence-corrected chi connectivity index (χ0v) is 15.3. The van der Waals surface area contributed by atoms with Crippen LogP contribution in [0, 0.1) is 0 Å². The van der Waals surface area contributed by atoms with E-state index in [9.17, 15) is 9.59 Å². The third-order valence-corrected chi connectivity index (χ3v) is 3.75. The first-order valence-electron chi connectivity index (χ1n) is 8.47. The second-order valence-electron chi connectivity index (χ2n) is 5.87. The van der Waals surface area contributed by atoms with E-state index in [2.05, 4.69) is 11.9 Å². The molecule has 0 saturated heterocycles. The number of nitrogens with zero attached hydrogens (tertiary/aromatic N) is 2. The van der Waals surface area contributed by atoms with E-state index in [0.29, 0.717) is 37.4 Å². The predicted octanol–water partition coefficient (Wildman–Crippen LogP) is 3.01. The Hall–Kier alpha value is -2.14. The van der Waals surface area contributed by atoms with Crippen molar-refractivity contribution in [2.75, 3.05) is 38.0 Å². The number of benzene rings is 1. The fourth-order valence-electron chi connectivity index (χ4n) is 2.49. The minimum absolute atomic E-state index is 0.0198. The molecule has 0 aliphatic carbocycles. The number of hydrogen-bond acceptors (Lipinski definition) is 3. The molecule has 5 heteroatoms. The van der Waals surface area contributed by atoms with Gasteiger partial charge in [-0.15, -0.1) is 0 Å². The molecular weight excluding hydrogens is 302 g/mol. The van der Waals surface area contributed by atoms with Crippen molar-refractivity contribution in [1.82, 2.24) is 9.80 Å². The number of anilines is 1. The number of rotatable bonds is 9. The van der Waals surface area contributed by atoms with Gasteiger partial charge in [-0.3, -0.25) is 14.5 Å². The second-order valence-corrected chi connectivity index (χ2v) is 5.87. The molecule has 0 atom stereocenters. The molecule has 24 heavy (non-hydrogen) atoms. The molecule has 0 saturated carbocycles. The van der Waals surface area contributed by atoms with Crippen LogP contribution in [-0.2, 0) is 4.79 Å². The lowest BCUT2D eigenvalue weighted by Gasteiger charge is -2.20. The van der Waals surface area contributed by atoms with Gasteiger partial charge in [0.25, 0.3) is 5.91 Å². The van der Waals surface area contributed by atoms with E-state index < -0.39 is 0 Å². The zero-order valence-electron chi connectivity index (χ0n) is 15.3. The van der Waals surface area contributed by atoms with E-state index in [0.717, 1.165) is 12.1 Å². The van der Waals surface area contributed by atoms with Crippen LogP contribution in [0.25, 0.3) is 0 Å². The molecule has 1 N–H and O–H groups in total. The molecule has 1 aromatic carbocycles. The molecule has 0 aromatic heterocycles. The van der Waals surface area contributed by atoms with Crippen LogP contribution < -0.4 is 5.32 Å². The van der Waals surface area contributed by atoms with Crippen molar-refractivity contribution in [2.45, 2.75) is 27.7 Å². The summed E-state index contributed by atoms with van der Waals surface area (Å²) in [6.45, 7) is 14.9. The summed E-state index contributed by atoms with van der Waals surface area (Å²) >= 11 is 0. The first-order chi connectivity index (χ1) is 11.4. The van der Waals surface area contributed by atoms with Gasteiger partial charge in [-0.1, -0.05) is 25.1 Å². The van der Waals surface area contributed by atoms with Crippen molar-refractivity contribution in [1.29, 1.82) is 0 Å². The molecule has 1 rings (SSSR count). The molecule has 1 aromatic rings. The van der Waals surface area contributed by atoms with Gasteiger partial charge in [0.15, 0.2) is 0 Å². The highest BCUT2D eigenvalue weighted by molar-refractivity contribution is 5.97. The lowest BCUT2D eigenvalue weighted by molar-refractivity contribution is -0.117. The number of hydrogen-bond donors (Lipinski definition) is 1. The summed E-state index contributed by atoms with van der Waals surface area (Å²) < 4.78 is 0. The average molecular weight is 331 g/mol. The van der Waals surface area contributed by atoms with Gasteiger partial charge in [-0.25, -0.2) is 0 Å². The molecule has 5 nitrogen and oxygen atoms in total. The van der Waals surface area contributed by atoms with Gasteiger partial charge >= 0.3 is 0 Å². The molecule has 0 aliphatic heterocycles. The van der Waals surface area contributed by atoms with Gasteiger partial charge in [0.2, 0.25) is 5.91 Å². The van der Waals surface area contributed by atoms with Crippen molar-refractivity contribution >= 4 is 17.5 Å². The van der Waals surface area contributed by atoms with Crippen LogP contribution in [0.5, 0.6) is 0 Å². The summed E-state index contributed by atoms with van der Waals surface area (Å²) in [5, 5.41) is 2.87. The summed E-state index contributed by atoms with van der Waals surface area (Å²) in [6.07, 6.45) is 0. The fraction of sp³-hybridized carbons (Fsp3) is 0.474.